The number of esters is 1. The summed E-state index contributed by atoms with van der Waals surface area (Å²) in [6.07, 6.45) is 0. The van der Waals surface area contributed by atoms with Crippen molar-refractivity contribution in [3.8, 4) is 0 Å². The van der Waals surface area contributed by atoms with E-state index in [1.807, 2.05) is 11.0 Å². The molecule has 0 N–H and O–H groups in total. The van der Waals surface area contributed by atoms with Gasteiger partial charge in [-0.2, -0.15) is 0 Å². The molecule has 1 atom stereocenters. The standard InChI is InChI=1S/C12H18N2O5/c1-16-7-10-5-9(13-19-10)6-14-3-4-18-8-11(14)12(15)17-2/h5,11H,3-4,6-8H2,1-2H3. The summed E-state index contributed by atoms with van der Waals surface area (Å²) in [5, 5.41) is 3.96. The minimum absolute atomic E-state index is 0.291. The molecular formula is C12H18N2O5. The van der Waals surface area contributed by atoms with Crippen LogP contribution in [0, 0.1) is 0 Å². The maximum Gasteiger partial charge on any atom is 0.325 e. The minimum Gasteiger partial charge on any atom is -0.468 e. The highest BCUT2D eigenvalue weighted by molar-refractivity contribution is 5.75. The fourth-order valence-electron chi connectivity index (χ4n) is 2.03. The molecule has 7 heteroatoms. The predicted molar refractivity (Wildman–Crippen MR) is 64.2 cm³/mol. The smallest absolute Gasteiger partial charge is 0.325 e. The van der Waals surface area contributed by atoms with Crippen LogP contribution < -0.4 is 0 Å². The van der Waals surface area contributed by atoms with Gasteiger partial charge in [-0.15, -0.1) is 0 Å². The zero-order valence-electron chi connectivity index (χ0n) is 11.1. The van der Waals surface area contributed by atoms with E-state index >= 15 is 0 Å². The third-order valence-corrected chi connectivity index (χ3v) is 2.97. The van der Waals surface area contributed by atoms with Crippen LogP contribution in [0.4, 0.5) is 0 Å². The maximum absolute atomic E-state index is 11.7. The Morgan fingerprint density at radius 1 is 1.58 bits per heavy atom. The summed E-state index contributed by atoms with van der Waals surface area (Å²) in [5.41, 5.74) is 0.767. The summed E-state index contributed by atoms with van der Waals surface area (Å²) in [6, 6.07) is 1.44. The van der Waals surface area contributed by atoms with E-state index in [4.69, 9.17) is 18.7 Å². The number of hydrogen-bond donors (Lipinski definition) is 0. The molecule has 0 bridgehead atoms. The highest BCUT2D eigenvalue weighted by Gasteiger charge is 2.30. The molecule has 0 amide bonds. The lowest BCUT2D eigenvalue weighted by Crippen LogP contribution is -2.49. The highest BCUT2D eigenvalue weighted by Crippen LogP contribution is 2.14. The Morgan fingerprint density at radius 2 is 2.42 bits per heavy atom. The van der Waals surface area contributed by atoms with Gasteiger partial charge in [0.1, 0.15) is 12.6 Å². The summed E-state index contributed by atoms with van der Waals surface area (Å²) in [7, 11) is 2.97. The Balaban J connectivity index is 2.00. The molecule has 1 unspecified atom stereocenters. The first-order valence-electron chi connectivity index (χ1n) is 6.07. The second kappa shape index (κ2) is 6.65. The van der Waals surface area contributed by atoms with Crippen molar-refractivity contribution in [3.63, 3.8) is 0 Å². The highest BCUT2D eigenvalue weighted by atomic mass is 16.5. The second-order valence-electron chi connectivity index (χ2n) is 4.30. The fourth-order valence-corrected chi connectivity index (χ4v) is 2.03. The van der Waals surface area contributed by atoms with E-state index in [0.29, 0.717) is 38.7 Å². The van der Waals surface area contributed by atoms with Gasteiger partial charge in [0.15, 0.2) is 5.76 Å². The molecule has 1 aromatic rings. The number of nitrogens with zero attached hydrogens (tertiary/aromatic N) is 2. The SMILES string of the molecule is COCc1cc(CN2CCOCC2C(=O)OC)no1. The van der Waals surface area contributed by atoms with E-state index in [-0.39, 0.29) is 12.0 Å². The van der Waals surface area contributed by atoms with Gasteiger partial charge < -0.3 is 18.7 Å². The van der Waals surface area contributed by atoms with Crippen molar-refractivity contribution < 1.29 is 23.5 Å². The molecule has 1 aliphatic heterocycles. The van der Waals surface area contributed by atoms with Crippen LogP contribution in [0.3, 0.4) is 0 Å². The van der Waals surface area contributed by atoms with E-state index in [1.165, 1.54) is 7.11 Å². The maximum atomic E-state index is 11.7. The number of carbonyl (C=O) groups excluding carboxylic acids is 1. The van der Waals surface area contributed by atoms with Crippen molar-refractivity contribution in [2.45, 2.75) is 19.2 Å². The number of methoxy groups -OCH3 is 2. The van der Waals surface area contributed by atoms with E-state index in [1.54, 1.807) is 7.11 Å². The number of carbonyl (C=O) groups is 1. The van der Waals surface area contributed by atoms with E-state index in [9.17, 15) is 4.79 Å². The van der Waals surface area contributed by atoms with Gasteiger partial charge in [0, 0.05) is 26.3 Å². The molecule has 0 aliphatic carbocycles. The van der Waals surface area contributed by atoms with Gasteiger partial charge in [-0.25, -0.2) is 0 Å². The lowest BCUT2D eigenvalue weighted by molar-refractivity contribution is -0.153. The number of rotatable bonds is 5. The Kier molecular flexibility index (Phi) is 4.89. The molecule has 0 aromatic carbocycles. The molecule has 0 saturated carbocycles. The van der Waals surface area contributed by atoms with Gasteiger partial charge in [-0.05, 0) is 0 Å². The van der Waals surface area contributed by atoms with Gasteiger partial charge in [-0.3, -0.25) is 9.69 Å². The monoisotopic (exact) mass is 270 g/mol. The topological polar surface area (TPSA) is 74.0 Å². The third kappa shape index (κ3) is 3.52. The van der Waals surface area contributed by atoms with Crippen molar-refractivity contribution in [1.82, 2.24) is 10.1 Å². The van der Waals surface area contributed by atoms with Gasteiger partial charge >= 0.3 is 5.97 Å². The van der Waals surface area contributed by atoms with Gasteiger partial charge in [-0.1, -0.05) is 5.16 Å². The Hall–Kier alpha value is -1.44. The first kappa shape index (κ1) is 14.0. The molecule has 2 heterocycles. The number of aromatic nitrogens is 1. The first-order valence-corrected chi connectivity index (χ1v) is 6.07. The molecule has 1 aliphatic rings. The third-order valence-electron chi connectivity index (χ3n) is 2.97. The Bertz CT molecular complexity index is 420. The summed E-state index contributed by atoms with van der Waals surface area (Å²) >= 11 is 0. The molecule has 19 heavy (non-hydrogen) atoms. The molecule has 0 radical (unpaired) electrons. The lowest BCUT2D eigenvalue weighted by Gasteiger charge is -2.32. The predicted octanol–water partition coefficient (Wildman–Crippen LogP) is 0.195. The molecule has 1 fully saturated rings. The largest absolute Gasteiger partial charge is 0.468 e. The fraction of sp³-hybridized carbons (Fsp3) is 0.667. The Morgan fingerprint density at radius 3 is 3.16 bits per heavy atom. The number of hydrogen-bond acceptors (Lipinski definition) is 7. The summed E-state index contributed by atoms with van der Waals surface area (Å²) in [5.74, 6) is 0.376. The molecule has 2 rings (SSSR count). The van der Waals surface area contributed by atoms with Crippen LogP contribution in [0.2, 0.25) is 0 Å². The summed E-state index contributed by atoms with van der Waals surface area (Å²) in [6.45, 7) is 2.50. The van der Waals surface area contributed by atoms with E-state index < -0.39 is 0 Å². The summed E-state index contributed by atoms with van der Waals surface area (Å²) < 4.78 is 20.2. The zero-order valence-corrected chi connectivity index (χ0v) is 11.1. The Labute approximate surface area is 111 Å². The van der Waals surface area contributed by atoms with Crippen LogP contribution in [-0.4, -0.2) is 56.0 Å². The van der Waals surface area contributed by atoms with E-state index in [0.717, 1.165) is 5.69 Å². The minimum atomic E-state index is -0.388. The average Bonchev–Trinajstić information content (AvgIpc) is 2.86. The quantitative estimate of drug-likeness (QED) is 0.707. The van der Waals surface area contributed by atoms with Crippen molar-refractivity contribution in [3.05, 3.63) is 17.5 Å². The van der Waals surface area contributed by atoms with Crippen LogP contribution in [0.25, 0.3) is 0 Å². The normalized spacial score (nSPS) is 20.4. The van der Waals surface area contributed by atoms with Crippen molar-refractivity contribution in [1.29, 1.82) is 0 Å². The van der Waals surface area contributed by atoms with Crippen LogP contribution in [-0.2, 0) is 32.2 Å². The first-order chi connectivity index (χ1) is 9.24. The second-order valence-corrected chi connectivity index (χ2v) is 4.30. The molecule has 106 valence electrons. The van der Waals surface area contributed by atoms with Crippen molar-refractivity contribution in [2.24, 2.45) is 0 Å². The van der Waals surface area contributed by atoms with Crippen LogP contribution in [0.5, 0.6) is 0 Å². The van der Waals surface area contributed by atoms with E-state index in [2.05, 4.69) is 5.16 Å². The molecule has 1 aromatic heterocycles. The lowest BCUT2D eigenvalue weighted by atomic mass is 10.2. The molecule has 7 nitrogen and oxygen atoms in total. The zero-order chi connectivity index (χ0) is 13.7. The van der Waals surface area contributed by atoms with Crippen molar-refractivity contribution >= 4 is 5.97 Å². The molecule has 1 saturated heterocycles. The van der Waals surface area contributed by atoms with Crippen LogP contribution in [0.1, 0.15) is 11.5 Å². The molecular weight excluding hydrogens is 252 g/mol. The van der Waals surface area contributed by atoms with Crippen LogP contribution >= 0.6 is 0 Å². The van der Waals surface area contributed by atoms with Crippen LogP contribution in [0.15, 0.2) is 10.6 Å². The van der Waals surface area contributed by atoms with Gasteiger partial charge in [0.05, 0.1) is 26.0 Å². The number of ether oxygens (including phenoxy) is 3. The van der Waals surface area contributed by atoms with Crippen molar-refractivity contribution in [2.75, 3.05) is 34.0 Å². The van der Waals surface area contributed by atoms with Gasteiger partial charge in [0.2, 0.25) is 0 Å². The number of morpholine rings is 1. The summed E-state index contributed by atoms with van der Waals surface area (Å²) in [4.78, 5) is 13.6. The average molecular weight is 270 g/mol. The molecule has 0 spiro atoms. The van der Waals surface area contributed by atoms with Gasteiger partial charge in [0.25, 0.3) is 0 Å².